The molecule has 1 aromatic heterocycles. The molecule has 2 aromatic carbocycles. The van der Waals surface area contributed by atoms with Crippen LogP contribution in [0.3, 0.4) is 0 Å². The smallest absolute Gasteiger partial charge is 0.234 e. The summed E-state index contributed by atoms with van der Waals surface area (Å²) >= 11 is 13.2. The van der Waals surface area contributed by atoms with Crippen molar-refractivity contribution in [2.24, 2.45) is 7.05 Å². The van der Waals surface area contributed by atoms with Crippen molar-refractivity contribution in [3.63, 3.8) is 0 Å². The van der Waals surface area contributed by atoms with Crippen LogP contribution in [0.25, 0.3) is 0 Å². The second kappa shape index (κ2) is 9.73. The number of carbonyl (C=O) groups is 1. The van der Waals surface area contributed by atoms with Gasteiger partial charge in [-0.15, -0.1) is 10.2 Å². The molecular formula is C21H22Cl2N4O2S. The average Bonchev–Trinajstić information content (AvgIpc) is 3.03. The van der Waals surface area contributed by atoms with Gasteiger partial charge in [-0.3, -0.25) is 4.79 Å². The van der Waals surface area contributed by atoms with Gasteiger partial charge in [0, 0.05) is 22.8 Å². The molecule has 1 N–H and O–H groups in total. The summed E-state index contributed by atoms with van der Waals surface area (Å²) in [5.41, 5.74) is 2.81. The molecule has 3 aromatic rings. The minimum absolute atomic E-state index is 0.169. The third-order valence-electron chi connectivity index (χ3n) is 4.57. The van der Waals surface area contributed by atoms with E-state index in [1.54, 1.807) is 18.2 Å². The Morgan fingerprint density at radius 3 is 2.60 bits per heavy atom. The number of hydrogen-bond donors (Lipinski definition) is 1. The van der Waals surface area contributed by atoms with Crippen molar-refractivity contribution in [2.45, 2.75) is 32.0 Å². The molecule has 0 saturated carbocycles. The zero-order valence-electron chi connectivity index (χ0n) is 17.1. The molecule has 0 aliphatic carbocycles. The van der Waals surface area contributed by atoms with Crippen LogP contribution in [0.4, 0.5) is 5.69 Å². The van der Waals surface area contributed by atoms with Gasteiger partial charge in [0.15, 0.2) is 17.1 Å². The Kier molecular flexibility index (Phi) is 7.28. The highest BCUT2D eigenvalue weighted by molar-refractivity contribution is 7.99. The summed E-state index contributed by atoms with van der Waals surface area (Å²) in [6, 6.07) is 10.8. The summed E-state index contributed by atoms with van der Waals surface area (Å²) in [4.78, 5) is 12.3. The van der Waals surface area contributed by atoms with Crippen molar-refractivity contribution in [1.82, 2.24) is 14.8 Å². The van der Waals surface area contributed by atoms with E-state index in [2.05, 4.69) is 15.5 Å². The SMILES string of the molecule is Cc1cccc(OC(C)c2nnc(SCC(=O)Nc3cc(Cl)cc(Cl)c3)n2C)c1C. The van der Waals surface area contributed by atoms with Crippen LogP contribution in [0.15, 0.2) is 41.6 Å². The molecule has 0 spiro atoms. The van der Waals surface area contributed by atoms with Crippen molar-refractivity contribution in [1.29, 1.82) is 0 Å². The first-order chi connectivity index (χ1) is 14.2. The normalized spacial score (nSPS) is 11.9. The van der Waals surface area contributed by atoms with Crippen LogP contribution in [0.5, 0.6) is 5.75 Å². The molecule has 0 saturated heterocycles. The molecule has 0 aliphatic rings. The van der Waals surface area contributed by atoms with E-state index in [4.69, 9.17) is 27.9 Å². The number of nitrogens with one attached hydrogen (secondary N) is 1. The number of aryl methyl sites for hydroxylation is 1. The number of carbonyl (C=O) groups excluding carboxylic acids is 1. The average molecular weight is 465 g/mol. The Balaban J connectivity index is 1.62. The molecular weight excluding hydrogens is 443 g/mol. The van der Waals surface area contributed by atoms with E-state index in [9.17, 15) is 4.79 Å². The number of hydrogen-bond acceptors (Lipinski definition) is 5. The lowest BCUT2D eigenvalue weighted by atomic mass is 10.1. The van der Waals surface area contributed by atoms with Crippen molar-refractivity contribution in [3.8, 4) is 5.75 Å². The third kappa shape index (κ3) is 5.47. The number of anilines is 1. The molecule has 0 bridgehead atoms. The first-order valence-electron chi connectivity index (χ1n) is 9.25. The van der Waals surface area contributed by atoms with Gasteiger partial charge in [0.05, 0.1) is 5.75 Å². The van der Waals surface area contributed by atoms with Gasteiger partial charge in [0.2, 0.25) is 5.91 Å². The zero-order chi connectivity index (χ0) is 21.8. The molecule has 1 amide bonds. The number of ether oxygens (including phenoxy) is 1. The Labute approximate surface area is 189 Å². The molecule has 0 radical (unpaired) electrons. The fraction of sp³-hybridized carbons (Fsp3) is 0.286. The first-order valence-corrected chi connectivity index (χ1v) is 11.0. The molecule has 1 unspecified atom stereocenters. The van der Waals surface area contributed by atoms with Crippen LogP contribution in [0.1, 0.15) is 30.0 Å². The van der Waals surface area contributed by atoms with Crippen LogP contribution in [0.2, 0.25) is 10.0 Å². The van der Waals surface area contributed by atoms with Gasteiger partial charge in [0.1, 0.15) is 5.75 Å². The van der Waals surface area contributed by atoms with Crippen LogP contribution in [0, 0.1) is 13.8 Å². The summed E-state index contributed by atoms with van der Waals surface area (Å²) in [6.07, 6.45) is -0.292. The van der Waals surface area contributed by atoms with Gasteiger partial charge < -0.3 is 14.6 Å². The quantitative estimate of drug-likeness (QED) is 0.460. The highest BCUT2D eigenvalue weighted by atomic mass is 35.5. The van der Waals surface area contributed by atoms with Gasteiger partial charge in [-0.1, -0.05) is 47.1 Å². The number of benzene rings is 2. The summed E-state index contributed by atoms with van der Waals surface area (Å²) in [5.74, 6) is 1.48. The van der Waals surface area contributed by atoms with E-state index in [0.717, 1.165) is 11.3 Å². The van der Waals surface area contributed by atoms with E-state index in [1.807, 2.05) is 50.6 Å². The predicted molar refractivity (Wildman–Crippen MR) is 122 cm³/mol. The lowest BCUT2D eigenvalue weighted by molar-refractivity contribution is -0.113. The summed E-state index contributed by atoms with van der Waals surface area (Å²) in [7, 11) is 1.86. The maximum Gasteiger partial charge on any atom is 0.234 e. The van der Waals surface area contributed by atoms with Crippen LogP contribution in [-0.2, 0) is 11.8 Å². The maximum absolute atomic E-state index is 12.3. The standard InChI is InChI=1S/C21H22Cl2N4O2S/c1-12-6-5-7-18(13(12)2)29-14(3)20-25-26-21(27(20)4)30-11-19(28)24-17-9-15(22)8-16(23)10-17/h5-10,14H,11H2,1-4H3,(H,24,28). The molecule has 0 fully saturated rings. The van der Waals surface area contributed by atoms with E-state index in [1.165, 1.54) is 17.3 Å². The fourth-order valence-corrected chi connectivity index (χ4v) is 4.10. The maximum atomic E-state index is 12.3. The number of aromatic nitrogens is 3. The van der Waals surface area contributed by atoms with E-state index < -0.39 is 0 Å². The molecule has 3 rings (SSSR count). The Hall–Kier alpha value is -2.22. The van der Waals surface area contributed by atoms with E-state index in [-0.39, 0.29) is 17.8 Å². The molecule has 9 heteroatoms. The van der Waals surface area contributed by atoms with Crippen molar-refractivity contribution in [3.05, 3.63) is 63.4 Å². The van der Waals surface area contributed by atoms with Gasteiger partial charge in [-0.2, -0.15) is 0 Å². The summed E-state index contributed by atoms with van der Waals surface area (Å²) in [6.45, 7) is 6.00. The summed E-state index contributed by atoms with van der Waals surface area (Å²) < 4.78 is 7.93. The van der Waals surface area contributed by atoms with Crippen LogP contribution < -0.4 is 10.1 Å². The zero-order valence-corrected chi connectivity index (χ0v) is 19.4. The van der Waals surface area contributed by atoms with Crippen molar-refractivity contribution >= 4 is 46.6 Å². The van der Waals surface area contributed by atoms with E-state index in [0.29, 0.717) is 26.7 Å². The number of nitrogens with zero attached hydrogens (tertiary/aromatic N) is 3. The van der Waals surface area contributed by atoms with Gasteiger partial charge in [-0.05, 0) is 56.2 Å². The highest BCUT2D eigenvalue weighted by Gasteiger charge is 2.19. The Morgan fingerprint density at radius 1 is 1.20 bits per heavy atom. The number of rotatable bonds is 7. The highest BCUT2D eigenvalue weighted by Crippen LogP contribution is 2.28. The molecule has 158 valence electrons. The van der Waals surface area contributed by atoms with Crippen LogP contribution >= 0.6 is 35.0 Å². The predicted octanol–water partition coefficient (Wildman–Crippen LogP) is 5.61. The molecule has 6 nitrogen and oxygen atoms in total. The second-order valence-corrected chi connectivity index (χ2v) is 8.67. The third-order valence-corrected chi connectivity index (χ3v) is 6.03. The molecule has 30 heavy (non-hydrogen) atoms. The lowest BCUT2D eigenvalue weighted by Gasteiger charge is -2.16. The largest absolute Gasteiger partial charge is 0.482 e. The number of thioether (sulfide) groups is 1. The number of halogens is 2. The lowest BCUT2D eigenvalue weighted by Crippen LogP contribution is -2.15. The number of amides is 1. The minimum Gasteiger partial charge on any atom is -0.482 e. The van der Waals surface area contributed by atoms with E-state index >= 15 is 0 Å². The van der Waals surface area contributed by atoms with Gasteiger partial charge >= 0.3 is 0 Å². The van der Waals surface area contributed by atoms with Gasteiger partial charge in [-0.25, -0.2) is 0 Å². The first kappa shape index (κ1) is 22.5. The van der Waals surface area contributed by atoms with Crippen molar-refractivity contribution in [2.75, 3.05) is 11.1 Å². The van der Waals surface area contributed by atoms with Crippen LogP contribution in [-0.4, -0.2) is 26.4 Å². The van der Waals surface area contributed by atoms with Crippen molar-refractivity contribution < 1.29 is 9.53 Å². The van der Waals surface area contributed by atoms with Gasteiger partial charge in [0.25, 0.3) is 0 Å². The Morgan fingerprint density at radius 2 is 1.90 bits per heavy atom. The molecule has 0 aliphatic heterocycles. The Bertz CT molecular complexity index is 1050. The minimum atomic E-state index is -0.292. The molecule has 1 atom stereocenters. The fourth-order valence-electron chi connectivity index (χ4n) is 2.85. The summed E-state index contributed by atoms with van der Waals surface area (Å²) in [5, 5.41) is 12.8. The second-order valence-electron chi connectivity index (χ2n) is 6.85. The molecule has 1 heterocycles. The topological polar surface area (TPSA) is 69.0 Å². The monoisotopic (exact) mass is 464 g/mol.